The topological polar surface area (TPSA) is 32.3 Å². The van der Waals surface area contributed by atoms with Gasteiger partial charge in [-0.05, 0) is 45.1 Å². The van der Waals surface area contributed by atoms with E-state index in [0.717, 1.165) is 18.7 Å². The summed E-state index contributed by atoms with van der Waals surface area (Å²) in [4.78, 5) is 14.0. The first-order valence-corrected chi connectivity index (χ1v) is 5.96. The Labute approximate surface area is 104 Å². The van der Waals surface area contributed by atoms with Crippen molar-refractivity contribution in [3.8, 4) is 0 Å². The number of hydrogen-bond donors (Lipinski definition) is 1. The van der Waals surface area contributed by atoms with Gasteiger partial charge in [-0.25, -0.2) is 0 Å². The molecule has 1 aromatic rings. The average molecular weight is 234 g/mol. The van der Waals surface area contributed by atoms with Gasteiger partial charge in [0, 0.05) is 18.7 Å². The van der Waals surface area contributed by atoms with E-state index in [1.54, 1.807) is 0 Å². The number of hydrogen-bond acceptors (Lipinski definition) is 3. The first kappa shape index (κ1) is 13.9. The zero-order valence-electron chi connectivity index (χ0n) is 11.2. The zero-order valence-corrected chi connectivity index (χ0v) is 11.2. The lowest BCUT2D eigenvalue weighted by Gasteiger charge is -2.10. The second-order valence-electron chi connectivity index (χ2n) is 4.70. The van der Waals surface area contributed by atoms with Gasteiger partial charge in [0.15, 0.2) is 5.78 Å². The number of carbonyl (C=O) groups is 1. The highest BCUT2D eigenvalue weighted by atomic mass is 16.1. The van der Waals surface area contributed by atoms with Crippen LogP contribution >= 0.6 is 0 Å². The summed E-state index contributed by atoms with van der Waals surface area (Å²) >= 11 is 0. The summed E-state index contributed by atoms with van der Waals surface area (Å²) in [6, 6.07) is 5.87. The molecule has 0 saturated carbocycles. The minimum atomic E-state index is 0.159. The van der Waals surface area contributed by atoms with Gasteiger partial charge in [-0.3, -0.25) is 4.79 Å². The summed E-state index contributed by atoms with van der Waals surface area (Å²) in [5.74, 6) is 0.159. The highest BCUT2D eigenvalue weighted by molar-refractivity contribution is 5.97. The van der Waals surface area contributed by atoms with Crippen molar-refractivity contribution in [2.24, 2.45) is 0 Å². The molecule has 0 bridgehead atoms. The Morgan fingerprint density at radius 2 is 1.94 bits per heavy atom. The number of Topliss-reactive ketones (excluding diaryl/α,β-unsaturated/α-hetero) is 1. The van der Waals surface area contributed by atoms with Crippen LogP contribution in [0.3, 0.4) is 0 Å². The van der Waals surface area contributed by atoms with Crippen LogP contribution in [0.2, 0.25) is 0 Å². The number of likely N-dealkylation sites (N-methyl/N-ethyl adjacent to an activating group) is 1. The van der Waals surface area contributed by atoms with Gasteiger partial charge in [0.25, 0.3) is 0 Å². The monoisotopic (exact) mass is 234 g/mol. The highest BCUT2D eigenvalue weighted by Crippen LogP contribution is 2.09. The van der Waals surface area contributed by atoms with Crippen LogP contribution in [-0.2, 0) is 0 Å². The Morgan fingerprint density at radius 1 is 1.24 bits per heavy atom. The molecule has 0 heterocycles. The van der Waals surface area contributed by atoms with E-state index in [2.05, 4.69) is 17.1 Å². The molecule has 0 fully saturated rings. The summed E-state index contributed by atoms with van der Waals surface area (Å²) < 4.78 is 0. The smallest absolute Gasteiger partial charge is 0.176 e. The minimum absolute atomic E-state index is 0.159. The van der Waals surface area contributed by atoms with E-state index >= 15 is 0 Å². The van der Waals surface area contributed by atoms with Gasteiger partial charge in [-0.15, -0.1) is 0 Å². The van der Waals surface area contributed by atoms with Crippen molar-refractivity contribution in [1.82, 2.24) is 10.2 Å². The van der Waals surface area contributed by atoms with Gasteiger partial charge in [0.2, 0.25) is 0 Å². The van der Waals surface area contributed by atoms with Crippen molar-refractivity contribution in [2.45, 2.75) is 13.8 Å². The molecule has 0 radical (unpaired) electrons. The van der Waals surface area contributed by atoms with Gasteiger partial charge < -0.3 is 10.2 Å². The van der Waals surface area contributed by atoms with Crippen LogP contribution in [0.4, 0.5) is 0 Å². The molecule has 0 unspecified atom stereocenters. The van der Waals surface area contributed by atoms with Gasteiger partial charge in [-0.2, -0.15) is 0 Å². The molecule has 0 aromatic heterocycles. The number of rotatable bonds is 6. The van der Waals surface area contributed by atoms with Gasteiger partial charge in [0.05, 0.1) is 6.54 Å². The minimum Gasteiger partial charge on any atom is -0.308 e. The molecule has 1 rings (SSSR count). The van der Waals surface area contributed by atoms with Crippen LogP contribution in [0.25, 0.3) is 0 Å². The molecule has 0 saturated heterocycles. The Bertz CT molecular complexity index is 386. The summed E-state index contributed by atoms with van der Waals surface area (Å²) in [6.45, 7) is 6.28. The van der Waals surface area contributed by atoms with E-state index in [0.29, 0.717) is 6.54 Å². The van der Waals surface area contributed by atoms with Crippen molar-refractivity contribution < 1.29 is 4.79 Å². The van der Waals surface area contributed by atoms with Gasteiger partial charge in [-0.1, -0.05) is 12.1 Å². The SMILES string of the molecule is Cc1ccc(C(=O)CNCCN(C)C)cc1C. The fourth-order valence-electron chi connectivity index (χ4n) is 1.52. The molecule has 0 spiro atoms. The summed E-state index contributed by atoms with van der Waals surface area (Å²) in [5, 5.41) is 3.16. The summed E-state index contributed by atoms with van der Waals surface area (Å²) in [5.41, 5.74) is 3.19. The number of aryl methyl sites for hydroxylation is 2. The van der Waals surface area contributed by atoms with E-state index in [-0.39, 0.29) is 5.78 Å². The zero-order chi connectivity index (χ0) is 12.8. The fourth-order valence-corrected chi connectivity index (χ4v) is 1.52. The van der Waals surface area contributed by atoms with Gasteiger partial charge >= 0.3 is 0 Å². The van der Waals surface area contributed by atoms with E-state index in [9.17, 15) is 4.79 Å². The molecule has 3 nitrogen and oxygen atoms in total. The molecule has 3 heteroatoms. The van der Waals surface area contributed by atoms with Crippen molar-refractivity contribution >= 4 is 5.78 Å². The van der Waals surface area contributed by atoms with Crippen molar-refractivity contribution in [3.63, 3.8) is 0 Å². The Kier molecular flexibility index (Phi) is 5.32. The van der Waals surface area contributed by atoms with Crippen LogP contribution in [0.5, 0.6) is 0 Å². The Hall–Kier alpha value is -1.19. The van der Waals surface area contributed by atoms with Crippen molar-refractivity contribution in [2.75, 3.05) is 33.7 Å². The number of nitrogens with one attached hydrogen (secondary N) is 1. The molecule has 0 aliphatic rings. The largest absolute Gasteiger partial charge is 0.308 e. The van der Waals surface area contributed by atoms with Crippen molar-refractivity contribution in [3.05, 3.63) is 34.9 Å². The number of ketones is 1. The molecule has 1 N–H and O–H groups in total. The van der Waals surface area contributed by atoms with Crippen LogP contribution in [0.1, 0.15) is 21.5 Å². The third-order valence-electron chi connectivity index (χ3n) is 2.85. The lowest BCUT2D eigenvalue weighted by Crippen LogP contribution is -2.30. The van der Waals surface area contributed by atoms with Crippen LogP contribution < -0.4 is 5.32 Å². The van der Waals surface area contributed by atoms with Gasteiger partial charge in [0.1, 0.15) is 0 Å². The number of benzene rings is 1. The molecule has 0 aliphatic heterocycles. The lowest BCUT2D eigenvalue weighted by molar-refractivity contribution is 0.0990. The Balaban J connectivity index is 2.44. The third kappa shape index (κ3) is 4.67. The normalized spacial score (nSPS) is 10.9. The molecule has 0 amide bonds. The maximum Gasteiger partial charge on any atom is 0.176 e. The average Bonchev–Trinajstić information content (AvgIpc) is 2.27. The Morgan fingerprint density at radius 3 is 2.53 bits per heavy atom. The van der Waals surface area contributed by atoms with Crippen LogP contribution in [-0.4, -0.2) is 44.4 Å². The van der Waals surface area contributed by atoms with E-state index in [1.165, 1.54) is 11.1 Å². The first-order chi connectivity index (χ1) is 8.00. The molecular weight excluding hydrogens is 212 g/mol. The summed E-state index contributed by atoms with van der Waals surface area (Å²) in [7, 11) is 4.04. The quantitative estimate of drug-likeness (QED) is 0.600. The predicted molar refractivity (Wildman–Crippen MR) is 71.7 cm³/mol. The molecule has 17 heavy (non-hydrogen) atoms. The van der Waals surface area contributed by atoms with E-state index in [1.807, 2.05) is 39.2 Å². The maximum absolute atomic E-state index is 11.9. The molecule has 0 atom stereocenters. The summed E-state index contributed by atoms with van der Waals surface area (Å²) in [6.07, 6.45) is 0. The van der Waals surface area contributed by atoms with E-state index < -0.39 is 0 Å². The molecule has 1 aromatic carbocycles. The predicted octanol–water partition coefficient (Wildman–Crippen LogP) is 1.64. The van der Waals surface area contributed by atoms with Crippen LogP contribution in [0.15, 0.2) is 18.2 Å². The molecule has 0 aliphatic carbocycles. The number of carbonyl (C=O) groups excluding carboxylic acids is 1. The first-order valence-electron chi connectivity index (χ1n) is 5.96. The van der Waals surface area contributed by atoms with Crippen molar-refractivity contribution in [1.29, 1.82) is 0 Å². The van der Waals surface area contributed by atoms with Crippen LogP contribution in [0, 0.1) is 13.8 Å². The number of nitrogens with zero attached hydrogens (tertiary/aromatic N) is 1. The maximum atomic E-state index is 11.9. The molecule has 94 valence electrons. The third-order valence-corrected chi connectivity index (χ3v) is 2.85. The lowest BCUT2D eigenvalue weighted by atomic mass is 10.0. The second-order valence-corrected chi connectivity index (χ2v) is 4.70. The molecular formula is C14H22N2O. The second kappa shape index (κ2) is 6.52. The highest BCUT2D eigenvalue weighted by Gasteiger charge is 2.06. The standard InChI is InChI=1S/C14H22N2O/c1-11-5-6-13(9-12(11)2)14(17)10-15-7-8-16(3)4/h5-6,9,15H,7-8,10H2,1-4H3. The fraction of sp³-hybridized carbons (Fsp3) is 0.500. The van der Waals surface area contributed by atoms with E-state index in [4.69, 9.17) is 0 Å².